The van der Waals surface area contributed by atoms with Gasteiger partial charge in [0.1, 0.15) is 0 Å². The summed E-state index contributed by atoms with van der Waals surface area (Å²) in [5.41, 5.74) is 0.302. The zero-order chi connectivity index (χ0) is 20.3. The largest absolute Gasteiger partial charge is 0.376 e. The van der Waals surface area contributed by atoms with Crippen molar-refractivity contribution < 1.29 is 17.9 Å². The molecule has 27 heavy (non-hydrogen) atoms. The van der Waals surface area contributed by atoms with Gasteiger partial charge in [-0.05, 0) is 70.1 Å². The Bertz CT molecular complexity index is 519. The summed E-state index contributed by atoms with van der Waals surface area (Å²) in [7, 11) is 0. The molecule has 0 saturated heterocycles. The molecule has 1 aromatic carbocycles. The van der Waals surface area contributed by atoms with Gasteiger partial charge < -0.3 is 4.74 Å². The first-order valence-corrected chi connectivity index (χ1v) is 10.6. The summed E-state index contributed by atoms with van der Waals surface area (Å²) in [5, 5.41) is 0. The van der Waals surface area contributed by atoms with E-state index in [1.165, 1.54) is 38.5 Å². The zero-order valence-corrected chi connectivity index (χ0v) is 17.6. The van der Waals surface area contributed by atoms with Crippen molar-refractivity contribution in [1.82, 2.24) is 0 Å². The van der Waals surface area contributed by atoms with Crippen LogP contribution in [-0.4, -0.2) is 12.2 Å². The topological polar surface area (TPSA) is 9.23 Å². The summed E-state index contributed by atoms with van der Waals surface area (Å²) < 4.78 is 45.8. The van der Waals surface area contributed by atoms with Crippen LogP contribution in [0.5, 0.6) is 0 Å². The normalized spacial score (nSPS) is 13.1. The Hall–Kier alpha value is -1.03. The van der Waals surface area contributed by atoms with E-state index in [-0.39, 0.29) is 5.60 Å². The van der Waals surface area contributed by atoms with Crippen molar-refractivity contribution in [2.45, 2.75) is 97.5 Å². The average Bonchev–Trinajstić information content (AvgIpc) is 2.60. The molecule has 1 nitrogen and oxygen atoms in total. The molecule has 0 aliphatic carbocycles. The molecule has 1 unspecified atom stereocenters. The van der Waals surface area contributed by atoms with E-state index in [1.54, 1.807) is 0 Å². The molecule has 0 aromatic heterocycles. The van der Waals surface area contributed by atoms with Gasteiger partial charge >= 0.3 is 0 Å². The fourth-order valence-corrected chi connectivity index (χ4v) is 3.81. The second-order valence-corrected chi connectivity index (χ2v) is 8.06. The van der Waals surface area contributed by atoms with Gasteiger partial charge in [0.25, 0.3) is 0 Å². The molecule has 1 aromatic rings. The molecule has 0 aliphatic rings. The number of rotatable bonds is 14. The van der Waals surface area contributed by atoms with Gasteiger partial charge in [-0.25, -0.2) is 13.2 Å². The van der Waals surface area contributed by atoms with Crippen LogP contribution in [0.4, 0.5) is 13.2 Å². The fraction of sp³-hybridized carbons (Fsp3) is 0.739. The van der Waals surface area contributed by atoms with Gasteiger partial charge in [0.15, 0.2) is 17.5 Å². The first-order chi connectivity index (χ1) is 12.8. The van der Waals surface area contributed by atoms with E-state index >= 15 is 0 Å². The summed E-state index contributed by atoms with van der Waals surface area (Å²) in [6, 6.07) is 2.21. The lowest BCUT2D eigenvalue weighted by atomic mass is 9.82. The maximum atomic E-state index is 13.4. The van der Waals surface area contributed by atoms with Crippen LogP contribution in [0, 0.1) is 23.4 Å². The average molecular weight is 387 g/mol. The predicted octanol–water partition coefficient (Wildman–Crippen LogP) is 7.61. The lowest BCUT2D eigenvalue weighted by Gasteiger charge is -2.34. The third-order valence-corrected chi connectivity index (χ3v) is 5.47. The maximum Gasteiger partial charge on any atom is 0.194 e. The van der Waals surface area contributed by atoms with Crippen molar-refractivity contribution in [2.75, 3.05) is 6.61 Å². The van der Waals surface area contributed by atoms with Crippen LogP contribution in [0.15, 0.2) is 12.1 Å². The van der Waals surface area contributed by atoms with E-state index in [0.717, 1.165) is 31.4 Å². The highest BCUT2D eigenvalue weighted by atomic mass is 19.2. The summed E-state index contributed by atoms with van der Waals surface area (Å²) >= 11 is 0. The molecule has 0 N–H and O–H groups in total. The van der Waals surface area contributed by atoms with Gasteiger partial charge in [-0.15, -0.1) is 0 Å². The van der Waals surface area contributed by atoms with Gasteiger partial charge in [-0.1, -0.05) is 45.4 Å². The smallest absolute Gasteiger partial charge is 0.194 e. The molecule has 1 atom stereocenters. The zero-order valence-electron chi connectivity index (χ0n) is 17.6. The molecule has 1 rings (SSSR count). The van der Waals surface area contributed by atoms with E-state index in [4.69, 9.17) is 4.74 Å². The molecule has 0 amide bonds. The van der Waals surface area contributed by atoms with Crippen molar-refractivity contribution in [3.8, 4) is 0 Å². The lowest BCUT2D eigenvalue weighted by Crippen LogP contribution is -2.34. The number of hydrogen-bond donors (Lipinski definition) is 0. The number of aryl methyl sites for hydroxylation is 1. The van der Waals surface area contributed by atoms with Crippen molar-refractivity contribution in [3.05, 3.63) is 35.1 Å². The molecule has 0 fully saturated rings. The highest BCUT2D eigenvalue weighted by molar-refractivity contribution is 5.19. The summed E-state index contributed by atoms with van der Waals surface area (Å²) in [6.45, 7) is 9.17. The number of benzene rings is 1. The number of ether oxygens (including phenoxy) is 1. The Labute approximate surface area is 163 Å². The highest BCUT2D eigenvalue weighted by Crippen LogP contribution is 2.31. The maximum absolute atomic E-state index is 13.4. The molecule has 0 aliphatic heterocycles. The van der Waals surface area contributed by atoms with Gasteiger partial charge in [0.2, 0.25) is 0 Å². The van der Waals surface area contributed by atoms with Gasteiger partial charge in [-0.3, -0.25) is 0 Å². The van der Waals surface area contributed by atoms with E-state index in [1.807, 2.05) is 6.92 Å². The van der Waals surface area contributed by atoms with Crippen LogP contribution in [0.1, 0.15) is 91.0 Å². The first-order valence-electron chi connectivity index (χ1n) is 10.6. The third kappa shape index (κ3) is 8.68. The van der Waals surface area contributed by atoms with Crippen LogP contribution < -0.4 is 0 Å². The van der Waals surface area contributed by atoms with E-state index in [2.05, 4.69) is 20.8 Å². The first kappa shape index (κ1) is 24.0. The fourth-order valence-electron chi connectivity index (χ4n) is 3.81. The third-order valence-electron chi connectivity index (χ3n) is 5.47. The highest BCUT2D eigenvalue weighted by Gasteiger charge is 2.29. The van der Waals surface area contributed by atoms with Gasteiger partial charge in [0, 0.05) is 6.61 Å². The summed E-state index contributed by atoms with van der Waals surface area (Å²) in [6.07, 6.45) is 11.0. The number of halogens is 3. The monoisotopic (exact) mass is 386 g/mol. The van der Waals surface area contributed by atoms with Crippen LogP contribution in [-0.2, 0) is 11.2 Å². The van der Waals surface area contributed by atoms with Crippen LogP contribution in [0.3, 0.4) is 0 Å². The summed E-state index contributed by atoms with van der Waals surface area (Å²) in [4.78, 5) is 0. The van der Waals surface area contributed by atoms with Crippen molar-refractivity contribution in [2.24, 2.45) is 5.92 Å². The second-order valence-electron chi connectivity index (χ2n) is 8.06. The molecular weight excluding hydrogens is 349 g/mol. The van der Waals surface area contributed by atoms with Crippen LogP contribution in [0.2, 0.25) is 0 Å². The Kier molecular flexibility index (Phi) is 11.1. The molecule has 0 heterocycles. The standard InChI is InChI=1S/C23H37F3O/c1-5-7-8-9-10-11-14-19(23(3,4)27-6-2)15-12-13-18-16-20(24)22(26)21(25)17-18/h16-17,19H,5-15H2,1-4H3. The molecule has 0 saturated carbocycles. The Morgan fingerprint density at radius 3 is 2.00 bits per heavy atom. The Balaban J connectivity index is 2.55. The second kappa shape index (κ2) is 12.4. The SMILES string of the molecule is CCCCCCCCC(CCCc1cc(F)c(F)c(F)c1)C(C)(C)OCC. The van der Waals surface area contributed by atoms with E-state index < -0.39 is 17.5 Å². The van der Waals surface area contributed by atoms with Crippen molar-refractivity contribution in [3.63, 3.8) is 0 Å². The molecule has 4 heteroatoms. The predicted molar refractivity (Wildman–Crippen MR) is 106 cm³/mol. The van der Waals surface area contributed by atoms with Crippen LogP contribution in [0.25, 0.3) is 0 Å². The Morgan fingerprint density at radius 2 is 1.41 bits per heavy atom. The van der Waals surface area contributed by atoms with E-state index in [9.17, 15) is 13.2 Å². The Morgan fingerprint density at radius 1 is 0.852 bits per heavy atom. The number of hydrogen-bond acceptors (Lipinski definition) is 1. The van der Waals surface area contributed by atoms with Gasteiger partial charge in [0.05, 0.1) is 5.60 Å². The molecule has 0 radical (unpaired) electrons. The quantitative estimate of drug-likeness (QED) is 0.236. The number of unbranched alkanes of at least 4 members (excludes halogenated alkanes) is 5. The molecule has 156 valence electrons. The van der Waals surface area contributed by atoms with Crippen LogP contribution >= 0.6 is 0 Å². The minimum Gasteiger partial charge on any atom is -0.376 e. The molecule has 0 spiro atoms. The molecular formula is C23H37F3O. The minimum atomic E-state index is -1.39. The van der Waals surface area contributed by atoms with Gasteiger partial charge in [-0.2, -0.15) is 0 Å². The summed E-state index contributed by atoms with van der Waals surface area (Å²) in [5.74, 6) is -3.21. The van der Waals surface area contributed by atoms with Crippen molar-refractivity contribution in [1.29, 1.82) is 0 Å². The molecule has 0 bridgehead atoms. The van der Waals surface area contributed by atoms with Crippen molar-refractivity contribution >= 4 is 0 Å². The lowest BCUT2D eigenvalue weighted by molar-refractivity contribution is -0.0603. The van der Waals surface area contributed by atoms with E-state index in [0.29, 0.717) is 24.5 Å². The minimum absolute atomic E-state index is 0.211.